The Hall–Kier alpha value is -0.960. The molecule has 0 aliphatic rings. The molecular weight excluding hydrogens is 248 g/mol. The van der Waals surface area contributed by atoms with Crippen LogP contribution in [0.15, 0.2) is 18.6 Å². The summed E-state index contributed by atoms with van der Waals surface area (Å²) in [6.45, 7) is 0.356. The van der Waals surface area contributed by atoms with E-state index in [4.69, 9.17) is 5.11 Å². The molecule has 0 spiro atoms. The molecule has 20 heavy (non-hydrogen) atoms. The van der Waals surface area contributed by atoms with Crippen LogP contribution in [0.3, 0.4) is 0 Å². The highest BCUT2D eigenvalue weighted by atomic mass is 16.2. The summed E-state index contributed by atoms with van der Waals surface area (Å²) < 4.78 is 0. The lowest BCUT2D eigenvalue weighted by atomic mass is 10.0. The molecule has 1 heterocycles. The quantitative estimate of drug-likeness (QED) is 0.547. The molecule has 1 aromatic rings. The Bertz CT molecular complexity index is 303. The molecular formula is C17H30N2O. The largest absolute Gasteiger partial charge is 0.396 e. The number of aryl methyl sites for hydroxylation is 1. The summed E-state index contributed by atoms with van der Waals surface area (Å²) in [4.78, 5) is 8.37. The molecule has 0 aliphatic heterocycles. The van der Waals surface area contributed by atoms with Crippen molar-refractivity contribution in [2.45, 2.75) is 77.0 Å². The first-order valence-electron chi connectivity index (χ1n) is 8.29. The normalized spacial score (nSPS) is 10.8. The van der Waals surface area contributed by atoms with Crippen LogP contribution in [0.5, 0.6) is 0 Å². The van der Waals surface area contributed by atoms with Gasteiger partial charge in [-0.2, -0.15) is 0 Å². The number of hydrogen-bond acceptors (Lipinski definition) is 3. The molecule has 0 unspecified atom stereocenters. The SMILES string of the molecule is OCCCCCCCCCCCCCc1cnccn1. The van der Waals surface area contributed by atoms with Gasteiger partial charge in [0.25, 0.3) is 0 Å². The predicted octanol–water partition coefficient (Wildman–Crippen LogP) is 4.30. The summed E-state index contributed by atoms with van der Waals surface area (Å²) in [6, 6.07) is 0. The number of hydrogen-bond donors (Lipinski definition) is 1. The third kappa shape index (κ3) is 9.90. The molecule has 114 valence electrons. The molecule has 0 aliphatic carbocycles. The maximum atomic E-state index is 8.68. The van der Waals surface area contributed by atoms with Gasteiger partial charge in [0.05, 0.1) is 5.69 Å². The summed E-state index contributed by atoms with van der Waals surface area (Å²) in [6.07, 6.45) is 20.6. The number of aromatic nitrogens is 2. The van der Waals surface area contributed by atoms with Gasteiger partial charge in [0.15, 0.2) is 0 Å². The molecule has 0 saturated heterocycles. The van der Waals surface area contributed by atoms with E-state index >= 15 is 0 Å². The van der Waals surface area contributed by atoms with Crippen LogP contribution < -0.4 is 0 Å². The maximum Gasteiger partial charge on any atom is 0.0586 e. The van der Waals surface area contributed by atoms with E-state index in [0.717, 1.165) is 18.5 Å². The summed E-state index contributed by atoms with van der Waals surface area (Å²) >= 11 is 0. The predicted molar refractivity (Wildman–Crippen MR) is 83.6 cm³/mol. The lowest BCUT2D eigenvalue weighted by molar-refractivity contribution is 0.282. The third-order valence-electron chi connectivity index (χ3n) is 3.71. The van der Waals surface area contributed by atoms with Crippen LogP contribution in [0.2, 0.25) is 0 Å². The van der Waals surface area contributed by atoms with Crippen molar-refractivity contribution in [1.82, 2.24) is 9.97 Å². The smallest absolute Gasteiger partial charge is 0.0586 e. The van der Waals surface area contributed by atoms with Crippen molar-refractivity contribution in [3.8, 4) is 0 Å². The Balaban J connectivity index is 1.77. The summed E-state index contributed by atoms with van der Waals surface area (Å²) in [5.41, 5.74) is 1.12. The van der Waals surface area contributed by atoms with Gasteiger partial charge in [0.1, 0.15) is 0 Å². The number of rotatable bonds is 13. The zero-order chi connectivity index (χ0) is 14.3. The molecule has 0 radical (unpaired) electrons. The highest BCUT2D eigenvalue weighted by Gasteiger charge is 1.95. The van der Waals surface area contributed by atoms with Gasteiger partial charge in [-0.05, 0) is 19.3 Å². The van der Waals surface area contributed by atoms with E-state index in [1.54, 1.807) is 12.4 Å². The van der Waals surface area contributed by atoms with Gasteiger partial charge in [-0.25, -0.2) is 0 Å². The molecule has 1 rings (SSSR count). The lowest BCUT2D eigenvalue weighted by Crippen LogP contribution is -1.90. The molecule has 0 atom stereocenters. The first kappa shape index (κ1) is 17.1. The van der Waals surface area contributed by atoms with Gasteiger partial charge in [-0.3, -0.25) is 9.97 Å². The van der Waals surface area contributed by atoms with Crippen molar-refractivity contribution in [1.29, 1.82) is 0 Å². The first-order valence-corrected chi connectivity index (χ1v) is 8.29. The minimum absolute atomic E-state index is 0.356. The van der Waals surface area contributed by atoms with Crippen LogP contribution in [0.25, 0.3) is 0 Å². The van der Waals surface area contributed by atoms with Crippen molar-refractivity contribution in [2.75, 3.05) is 6.61 Å². The van der Waals surface area contributed by atoms with Crippen molar-refractivity contribution >= 4 is 0 Å². The van der Waals surface area contributed by atoms with Gasteiger partial charge in [-0.15, -0.1) is 0 Å². The van der Waals surface area contributed by atoms with Gasteiger partial charge >= 0.3 is 0 Å². The Morgan fingerprint density at radius 2 is 1.25 bits per heavy atom. The minimum atomic E-state index is 0.356. The Labute approximate surface area is 123 Å². The van der Waals surface area contributed by atoms with Crippen molar-refractivity contribution < 1.29 is 5.11 Å². The van der Waals surface area contributed by atoms with Crippen molar-refractivity contribution in [3.05, 3.63) is 24.3 Å². The molecule has 0 fully saturated rings. The number of aliphatic hydroxyl groups excluding tert-OH is 1. The zero-order valence-corrected chi connectivity index (χ0v) is 12.8. The second kappa shape index (κ2) is 13.0. The van der Waals surface area contributed by atoms with Crippen molar-refractivity contribution in [3.63, 3.8) is 0 Å². The Morgan fingerprint density at radius 3 is 1.75 bits per heavy atom. The lowest BCUT2D eigenvalue weighted by Gasteiger charge is -2.02. The molecule has 3 nitrogen and oxygen atoms in total. The highest BCUT2D eigenvalue weighted by Crippen LogP contribution is 2.12. The molecule has 0 saturated carbocycles. The Kier molecular flexibility index (Phi) is 11.1. The van der Waals surface area contributed by atoms with E-state index in [1.807, 2.05) is 6.20 Å². The van der Waals surface area contributed by atoms with Crippen LogP contribution in [-0.4, -0.2) is 21.7 Å². The summed E-state index contributed by atoms with van der Waals surface area (Å²) in [5, 5.41) is 8.68. The molecule has 0 aromatic carbocycles. The van der Waals surface area contributed by atoms with Gasteiger partial charge in [0, 0.05) is 25.2 Å². The fraction of sp³-hybridized carbons (Fsp3) is 0.765. The molecule has 1 aromatic heterocycles. The zero-order valence-electron chi connectivity index (χ0n) is 12.8. The van der Waals surface area contributed by atoms with Gasteiger partial charge < -0.3 is 5.11 Å². The minimum Gasteiger partial charge on any atom is -0.396 e. The topological polar surface area (TPSA) is 46.0 Å². The first-order chi connectivity index (χ1) is 9.93. The fourth-order valence-electron chi connectivity index (χ4n) is 2.47. The fourth-order valence-corrected chi connectivity index (χ4v) is 2.47. The van der Waals surface area contributed by atoms with E-state index in [2.05, 4.69) is 9.97 Å². The van der Waals surface area contributed by atoms with E-state index in [1.165, 1.54) is 64.2 Å². The molecule has 0 amide bonds. The number of nitrogens with zero attached hydrogens (tertiary/aromatic N) is 2. The molecule has 1 N–H and O–H groups in total. The van der Waals surface area contributed by atoms with Crippen LogP contribution in [0.1, 0.15) is 76.3 Å². The van der Waals surface area contributed by atoms with Crippen molar-refractivity contribution in [2.24, 2.45) is 0 Å². The van der Waals surface area contributed by atoms with Crippen LogP contribution in [0.4, 0.5) is 0 Å². The highest BCUT2D eigenvalue weighted by molar-refractivity contribution is 4.94. The van der Waals surface area contributed by atoms with Crippen LogP contribution in [0, 0.1) is 0 Å². The van der Waals surface area contributed by atoms with Gasteiger partial charge in [-0.1, -0.05) is 57.8 Å². The standard InChI is InChI=1S/C17H30N2O/c20-15-11-9-7-5-3-1-2-4-6-8-10-12-17-16-18-13-14-19-17/h13-14,16,20H,1-12,15H2. The van der Waals surface area contributed by atoms with E-state index in [-0.39, 0.29) is 0 Å². The molecule has 0 bridgehead atoms. The van der Waals surface area contributed by atoms with Crippen LogP contribution in [-0.2, 0) is 6.42 Å². The van der Waals surface area contributed by atoms with E-state index in [9.17, 15) is 0 Å². The number of unbranched alkanes of at least 4 members (excludes halogenated alkanes) is 10. The maximum absolute atomic E-state index is 8.68. The second-order valence-electron chi connectivity index (χ2n) is 5.56. The summed E-state index contributed by atoms with van der Waals surface area (Å²) in [7, 11) is 0. The number of aliphatic hydroxyl groups is 1. The van der Waals surface area contributed by atoms with Gasteiger partial charge in [0.2, 0.25) is 0 Å². The summed E-state index contributed by atoms with van der Waals surface area (Å²) in [5.74, 6) is 0. The third-order valence-corrected chi connectivity index (χ3v) is 3.71. The average molecular weight is 278 g/mol. The monoisotopic (exact) mass is 278 g/mol. The average Bonchev–Trinajstić information content (AvgIpc) is 2.49. The van der Waals surface area contributed by atoms with Crippen LogP contribution >= 0.6 is 0 Å². The Morgan fingerprint density at radius 1 is 0.700 bits per heavy atom. The van der Waals surface area contributed by atoms with E-state index < -0.39 is 0 Å². The van der Waals surface area contributed by atoms with E-state index in [0.29, 0.717) is 6.61 Å². The second-order valence-corrected chi connectivity index (χ2v) is 5.56. The molecule has 3 heteroatoms.